The van der Waals surface area contributed by atoms with Gasteiger partial charge in [-0.2, -0.15) is 10.2 Å². The Bertz CT molecular complexity index is 604. The third-order valence-electron chi connectivity index (χ3n) is 2.88. The van der Waals surface area contributed by atoms with Gasteiger partial charge in [-0.1, -0.05) is 0 Å². The molecule has 0 radical (unpaired) electrons. The zero-order chi connectivity index (χ0) is 13.8. The largest absolute Gasteiger partial charge is 0.496 e. The third-order valence-corrected chi connectivity index (χ3v) is 2.88. The molecule has 0 aliphatic carbocycles. The van der Waals surface area contributed by atoms with E-state index >= 15 is 0 Å². The first-order chi connectivity index (χ1) is 9.10. The van der Waals surface area contributed by atoms with Crippen molar-refractivity contribution >= 4 is 17.1 Å². The van der Waals surface area contributed by atoms with E-state index in [1.54, 1.807) is 19.2 Å². The number of nitrogens with zero attached hydrogens (tertiary/aromatic N) is 2. The Balaban J connectivity index is 2.28. The monoisotopic (exact) mass is 255 g/mol. The van der Waals surface area contributed by atoms with E-state index in [0.717, 1.165) is 33.9 Å². The molecule has 0 amide bonds. The number of nitrogens with two attached hydrogens (primary N) is 1. The van der Waals surface area contributed by atoms with Crippen molar-refractivity contribution in [2.24, 2.45) is 10.2 Å². The molecule has 0 fully saturated rings. The Hall–Kier alpha value is -2.36. The number of hydrogen-bond acceptors (Lipinski definition) is 4. The summed E-state index contributed by atoms with van der Waals surface area (Å²) in [5, 5.41) is 8.47. The number of nitrogen functional groups attached to an aromatic ring is 1. The van der Waals surface area contributed by atoms with Crippen LogP contribution in [0, 0.1) is 13.8 Å². The van der Waals surface area contributed by atoms with Crippen LogP contribution < -0.4 is 10.5 Å². The molecule has 0 atom stereocenters. The van der Waals surface area contributed by atoms with E-state index in [4.69, 9.17) is 10.5 Å². The van der Waals surface area contributed by atoms with E-state index < -0.39 is 0 Å². The standard InChI is InChI=1S/C15H17N3O/c1-10-9-15(19-3)11(2)8-14(10)18-17-13-6-4-12(16)5-7-13/h4-9H,16H2,1-3H3. The van der Waals surface area contributed by atoms with Crippen LogP contribution in [0.5, 0.6) is 5.75 Å². The predicted octanol–water partition coefficient (Wildman–Crippen LogP) is 4.31. The number of azo groups is 1. The molecular formula is C15H17N3O. The first-order valence-corrected chi connectivity index (χ1v) is 6.02. The van der Waals surface area contributed by atoms with Crippen LogP contribution in [-0.4, -0.2) is 7.11 Å². The van der Waals surface area contributed by atoms with Gasteiger partial charge in [0.2, 0.25) is 0 Å². The first kappa shape index (κ1) is 13.1. The second-order valence-electron chi connectivity index (χ2n) is 4.40. The van der Waals surface area contributed by atoms with Crippen LogP contribution in [0.25, 0.3) is 0 Å². The topological polar surface area (TPSA) is 60.0 Å². The average molecular weight is 255 g/mol. The van der Waals surface area contributed by atoms with E-state index in [1.807, 2.05) is 38.1 Å². The molecule has 0 unspecified atom stereocenters. The molecule has 0 aliphatic rings. The average Bonchev–Trinajstić information content (AvgIpc) is 2.41. The lowest BCUT2D eigenvalue weighted by molar-refractivity contribution is 0.411. The Morgan fingerprint density at radius 3 is 2.26 bits per heavy atom. The van der Waals surface area contributed by atoms with Crippen molar-refractivity contribution in [1.82, 2.24) is 0 Å². The van der Waals surface area contributed by atoms with Gasteiger partial charge in [-0.25, -0.2) is 0 Å². The van der Waals surface area contributed by atoms with Gasteiger partial charge in [-0.05, 0) is 61.4 Å². The summed E-state index contributed by atoms with van der Waals surface area (Å²) in [4.78, 5) is 0. The number of rotatable bonds is 3. The Morgan fingerprint density at radius 2 is 1.63 bits per heavy atom. The van der Waals surface area contributed by atoms with Crippen molar-refractivity contribution in [3.05, 3.63) is 47.5 Å². The lowest BCUT2D eigenvalue weighted by atomic mass is 10.1. The molecule has 98 valence electrons. The summed E-state index contributed by atoms with van der Waals surface area (Å²) in [6.07, 6.45) is 0. The minimum atomic E-state index is 0.718. The SMILES string of the molecule is COc1cc(C)c(N=Nc2ccc(N)cc2)cc1C. The highest BCUT2D eigenvalue weighted by Gasteiger charge is 2.04. The summed E-state index contributed by atoms with van der Waals surface area (Å²) in [5.74, 6) is 0.865. The molecule has 0 saturated heterocycles. The number of hydrogen-bond donors (Lipinski definition) is 1. The third kappa shape index (κ3) is 3.10. The van der Waals surface area contributed by atoms with Gasteiger partial charge in [-0.3, -0.25) is 0 Å². The van der Waals surface area contributed by atoms with Crippen LogP contribution in [0.15, 0.2) is 46.6 Å². The van der Waals surface area contributed by atoms with Crippen molar-refractivity contribution in [2.45, 2.75) is 13.8 Å². The van der Waals surface area contributed by atoms with Crippen molar-refractivity contribution in [2.75, 3.05) is 12.8 Å². The highest BCUT2D eigenvalue weighted by Crippen LogP contribution is 2.29. The summed E-state index contributed by atoms with van der Waals surface area (Å²) >= 11 is 0. The quantitative estimate of drug-likeness (QED) is 0.656. The Kier molecular flexibility index (Phi) is 3.80. The van der Waals surface area contributed by atoms with Crippen molar-refractivity contribution in [1.29, 1.82) is 0 Å². The molecular weight excluding hydrogens is 238 g/mol. The van der Waals surface area contributed by atoms with E-state index in [2.05, 4.69) is 10.2 Å². The summed E-state index contributed by atoms with van der Waals surface area (Å²) in [6, 6.07) is 11.2. The molecule has 2 N–H and O–H groups in total. The highest BCUT2D eigenvalue weighted by molar-refractivity contribution is 5.54. The fourth-order valence-electron chi connectivity index (χ4n) is 1.75. The van der Waals surface area contributed by atoms with Crippen LogP contribution in [-0.2, 0) is 0 Å². The summed E-state index contributed by atoms with van der Waals surface area (Å²) in [6.45, 7) is 3.97. The number of aryl methyl sites for hydroxylation is 2. The van der Waals surface area contributed by atoms with E-state index in [-0.39, 0.29) is 0 Å². The van der Waals surface area contributed by atoms with Crippen LogP contribution in [0.1, 0.15) is 11.1 Å². The number of ether oxygens (including phenoxy) is 1. The van der Waals surface area contributed by atoms with Gasteiger partial charge in [0.1, 0.15) is 5.75 Å². The van der Waals surface area contributed by atoms with Gasteiger partial charge >= 0.3 is 0 Å². The van der Waals surface area contributed by atoms with Crippen molar-refractivity contribution < 1.29 is 4.74 Å². The molecule has 0 saturated carbocycles. The minimum absolute atomic E-state index is 0.718. The van der Waals surface area contributed by atoms with E-state index in [0.29, 0.717) is 0 Å². The van der Waals surface area contributed by atoms with E-state index in [9.17, 15) is 0 Å². The van der Waals surface area contributed by atoms with Gasteiger partial charge in [-0.15, -0.1) is 0 Å². The molecule has 4 heteroatoms. The van der Waals surface area contributed by atoms with Crippen molar-refractivity contribution in [3.8, 4) is 5.75 Å². The molecule has 0 aromatic heterocycles. The van der Waals surface area contributed by atoms with Gasteiger partial charge in [0.05, 0.1) is 18.5 Å². The van der Waals surface area contributed by atoms with Gasteiger partial charge in [0.25, 0.3) is 0 Å². The zero-order valence-corrected chi connectivity index (χ0v) is 11.3. The normalized spacial score (nSPS) is 10.9. The predicted molar refractivity (Wildman–Crippen MR) is 77.5 cm³/mol. The van der Waals surface area contributed by atoms with Crippen LogP contribution in [0.3, 0.4) is 0 Å². The fourth-order valence-corrected chi connectivity index (χ4v) is 1.75. The summed E-state index contributed by atoms with van der Waals surface area (Å²) in [7, 11) is 1.66. The second kappa shape index (κ2) is 5.52. The van der Waals surface area contributed by atoms with Gasteiger partial charge in [0, 0.05) is 5.69 Å². The van der Waals surface area contributed by atoms with E-state index in [1.165, 1.54) is 0 Å². The summed E-state index contributed by atoms with van der Waals surface area (Å²) < 4.78 is 5.27. The molecule has 19 heavy (non-hydrogen) atoms. The molecule has 0 heterocycles. The lowest BCUT2D eigenvalue weighted by Crippen LogP contribution is -1.88. The van der Waals surface area contributed by atoms with Gasteiger partial charge < -0.3 is 10.5 Å². The summed E-state index contributed by atoms with van der Waals surface area (Å²) in [5.41, 5.74) is 10.0. The molecule has 2 rings (SSSR count). The molecule has 0 aliphatic heterocycles. The molecule has 2 aromatic carbocycles. The Morgan fingerprint density at radius 1 is 0.947 bits per heavy atom. The van der Waals surface area contributed by atoms with Crippen molar-refractivity contribution in [3.63, 3.8) is 0 Å². The van der Waals surface area contributed by atoms with Crippen LogP contribution in [0.2, 0.25) is 0 Å². The number of methoxy groups -OCH3 is 1. The maximum absolute atomic E-state index is 5.62. The zero-order valence-electron chi connectivity index (χ0n) is 11.3. The van der Waals surface area contributed by atoms with Gasteiger partial charge in [0.15, 0.2) is 0 Å². The number of anilines is 1. The number of benzene rings is 2. The fraction of sp³-hybridized carbons (Fsp3) is 0.200. The van der Waals surface area contributed by atoms with Crippen LogP contribution >= 0.6 is 0 Å². The minimum Gasteiger partial charge on any atom is -0.496 e. The maximum Gasteiger partial charge on any atom is 0.122 e. The molecule has 0 spiro atoms. The maximum atomic E-state index is 5.62. The molecule has 0 bridgehead atoms. The van der Waals surface area contributed by atoms with Crippen LogP contribution in [0.4, 0.5) is 17.1 Å². The first-order valence-electron chi connectivity index (χ1n) is 6.02. The molecule has 2 aromatic rings. The molecule has 4 nitrogen and oxygen atoms in total. The highest BCUT2D eigenvalue weighted by atomic mass is 16.5. The lowest BCUT2D eigenvalue weighted by Gasteiger charge is -2.07. The second-order valence-corrected chi connectivity index (χ2v) is 4.40. The Labute approximate surface area is 112 Å². The smallest absolute Gasteiger partial charge is 0.122 e.